The second kappa shape index (κ2) is 10.5. The molecule has 8 N–H and O–H groups in total. The van der Waals surface area contributed by atoms with Crippen molar-refractivity contribution in [1.29, 1.82) is 0 Å². The number of H-pyrrole nitrogens is 1. The third kappa shape index (κ3) is 4.78. The molecule has 6 rings (SSSR count). The summed E-state index contributed by atoms with van der Waals surface area (Å²) < 4.78 is 66.4. The minimum absolute atomic E-state index is 0.0319. The Morgan fingerprint density at radius 1 is 1.02 bits per heavy atom. The number of fused-ring (bicyclic) bond motifs is 2. The number of nitrogens with zero attached hydrogens (tertiary/aromatic N) is 7. The Balaban J connectivity index is 1.19. The van der Waals surface area contributed by atoms with Gasteiger partial charge < -0.3 is 36.0 Å². The highest BCUT2D eigenvalue weighted by Gasteiger charge is 2.51. The van der Waals surface area contributed by atoms with Crippen LogP contribution < -0.4 is 17.0 Å². The van der Waals surface area contributed by atoms with Gasteiger partial charge in [0.25, 0.3) is 5.56 Å². The number of imidazole rings is 2. The summed E-state index contributed by atoms with van der Waals surface area (Å²) in [5.41, 5.74) is 10.6. The fourth-order valence-electron chi connectivity index (χ4n) is 4.78. The van der Waals surface area contributed by atoms with Crippen LogP contribution in [-0.4, -0.2) is 104 Å². The van der Waals surface area contributed by atoms with Crippen LogP contribution in [-0.2, 0) is 23.1 Å². The summed E-state index contributed by atoms with van der Waals surface area (Å²) in [6.07, 6.45) is -10.6. The maximum atomic E-state index is 15.2. The van der Waals surface area contributed by atoms with E-state index in [1.807, 2.05) is 0 Å². The normalized spacial score (nSPS) is 31.3. The predicted octanol–water partition coefficient (Wildman–Crippen LogP) is -1.55. The largest absolute Gasteiger partial charge is 0.472 e. The maximum absolute atomic E-state index is 15.2. The number of aromatic amines is 1. The third-order valence-corrected chi connectivity index (χ3v) is 7.77. The number of hydrogen-bond acceptors (Lipinski definition) is 15. The van der Waals surface area contributed by atoms with E-state index in [1.54, 1.807) is 0 Å². The monoisotopic (exact) mass is 616 g/mol. The Labute approximate surface area is 231 Å². The smallest absolute Gasteiger partial charge is 0.394 e. The molecule has 6 heterocycles. The van der Waals surface area contributed by atoms with Crippen LogP contribution in [0, 0.1) is 0 Å². The van der Waals surface area contributed by atoms with Crippen molar-refractivity contribution in [1.82, 2.24) is 39.0 Å². The van der Waals surface area contributed by atoms with E-state index >= 15 is 8.78 Å². The summed E-state index contributed by atoms with van der Waals surface area (Å²) in [7, 11) is -5.18. The molecule has 0 spiro atoms. The molecule has 22 heteroatoms. The van der Waals surface area contributed by atoms with Crippen molar-refractivity contribution in [3.05, 3.63) is 29.3 Å². The molecule has 4 unspecified atom stereocenters. The van der Waals surface area contributed by atoms with Gasteiger partial charge in [0.2, 0.25) is 5.95 Å². The summed E-state index contributed by atoms with van der Waals surface area (Å²) in [4.78, 5) is 44.4. The minimum Gasteiger partial charge on any atom is -0.394 e. The number of nitrogen functional groups attached to an aromatic ring is 2. The molecule has 2 aliphatic heterocycles. The summed E-state index contributed by atoms with van der Waals surface area (Å²) in [6, 6.07) is 0. The Hall–Kier alpha value is -3.69. The van der Waals surface area contributed by atoms with Crippen molar-refractivity contribution in [2.45, 2.75) is 49.2 Å². The second-order valence-corrected chi connectivity index (χ2v) is 10.8. The Kier molecular flexibility index (Phi) is 7.14. The van der Waals surface area contributed by atoms with E-state index in [2.05, 4.69) is 29.9 Å². The third-order valence-electron chi connectivity index (χ3n) is 6.78. The molecule has 4 aromatic rings. The minimum atomic E-state index is -5.18. The molecule has 0 bridgehead atoms. The lowest BCUT2D eigenvalue weighted by molar-refractivity contribution is -0.0600. The van der Waals surface area contributed by atoms with Gasteiger partial charge >= 0.3 is 7.82 Å². The van der Waals surface area contributed by atoms with Gasteiger partial charge in [-0.05, 0) is 0 Å². The molecule has 0 amide bonds. The molecule has 2 saturated heterocycles. The SMILES string of the molecule is Nc1nc2c(ncn2[C@@H]2O[C@H](CO)C(F)C2OP(=O)(O)OC[C@H]2O[C@@H](n3cnc4c(N)ncnc43)C(F)[C@H]2O)c(=O)[nH]1. The van der Waals surface area contributed by atoms with Crippen LogP contribution >= 0.6 is 7.82 Å². The number of aliphatic hydroxyl groups is 2. The van der Waals surface area contributed by atoms with Crippen molar-refractivity contribution in [2.75, 3.05) is 24.7 Å². The first-order valence-corrected chi connectivity index (χ1v) is 13.7. The molecular weight excluding hydrogens is 593 g/mol. The summed E-state index contributed by atoms with van der Waals surface area (Å²) in [5, 5.41) is 20.0. The number of phosphoric acid groups is 1. The van der Waals surface area contributed by atoms with E-state index < -0.39 is 75.8 Å². The van der Waals surface area contributed by atoms with Crippen LogP contribution in [0.1, 0.15) is 12.5 Å². The molecule has 0 aromatic carbocycles. The van der Waals surface area contributed by atoms with Crippen LogP contribution in [0.25, 0.3) is 22.3 Å². The number of hydrogen-bond donors (Lipinski definition) is 6. The highest BCUT2D eigenvalue weighted by molar-refractivity contribution is 7.47. The summed E-state index contributed by atoms with van der Waals surface area (Å²) >= 11 is 0. The molecule has 19 nitrogen and oxygen atoms in total. The number of alkyl halides is 2. The van der Waals surface area contributed by atoms with Crippen molar-refractivity contribution >= 4 is 41.9 Å². The number of halogens is 2. The van der Waals surface area contributed by atoms with Crippen LogP contribution in [0.3, 0.4) is 0 Å². The summed E-state index contributed by atoms with van der Waals surface area (Å²) in [6.45, 7) is -1.70. The van der Waals surface area contributed by atoms with Crippen molar-refractivity contribution in [2.24, 2.45) is 0 Å². The van der Waals surface area contributed by atoms with Crippen LogP contribution in [0.15, 0.2) is 23.8 Å². The average molecular weight is 616 g/mol. The van der Waals surface area contributed by atoms with E-state index in [-0.39, 0.29) is 34.1 Å². The van der Waals surface area contributed by atoms with Gasteiger partial charge in [0, 0.05) is 0 Å². The molecule has 226 valence electrons. The van der Waals surface area contributed by atoms with Crippen molar-refractivity contribution < 1.29 is 47.0 Å². The number of aliphatic hydroxyl groups excluding tert-OH is 2. The van der Waals surface area contributed by atoms with Crippen LogP contribution in [0.4, 0.5) is 20.5 Å². The lowest BCUT2D eigenvalue weighted by Gasteiger charge is -2.24. The van der Waals surface area contributed by atoms with Crippen molar-refractivity contribution in [3.8, 4) is 0 Å². The maximum Gasteiger partial charge on any atom is 0.472 e. The topological polar surface area (TPSA) is 274 Å². The fourth-order valence-corrected chi connectivity index (χ4v) is 5.71. The molecule has 42 heavy (non-hydrogen) atoms. The molecule has 0 radical (unpaired) electrons. The van der Waals surface area contributed by atoms with Gasteiger partial charge in [-0.1, -0.05) is 0 Å². The Bertz CT molecular complexity index is 1740. The zero-order valence-corrected chi connectivity index (χ0v) is 21.9. The van der Waals surface area contributed by atoms with E-state index in [0.717, 1.165) is 17.2 Å². The average Bonchev–Trinajstić information content (AvgIpc) is 3.69. The number of rotatable bonds is 8. The molecule has 2 aliphatic rings. The molecule has 0 aliphatic carbocycles. The number of ether oxygens (including phenoxy) is 2. The van der Waals surface area contributed by atoms with Crippen LogP contribution in [0.2, 0.25) is 0 Å². The fraction of sp³-hybridized carbons (Fsp3) is 0.500. The van der Waals surface area contributed by atoms with E-state index in [0.29, 0.717) is 0 Å². The molecule has 4 aromatic heterocycles. The van der Waals surface area contributed by atoms with Crippen molar-refractivity contribution in [3.63, 3.8) is 0 Å². The van der Waals surface area contributed by atoms with Crippen LogP contribution in [0.5, 0.6) is 0 Å². The van der Waals surface area contributed by atoms with E-state index in [9.17, 15) is 24.5 Å². The standard InChI is InChI=1S/C20H23F2N10O9P/c21-8-6(1-33)39-19(32-5-28-11-16(32)29-20(24)30-17(11)35)13(8)41-42(36,37)38-2-7-12(34)9(22)18(40-7)31-4-27-10-14(23)25-3-26-15(10)31/h3-9,12-13,18-19,33-34H,1-2H2,(H,36,37)(H2,23,25,26)(H3,24,29,30,35)/t6-,7-,8?,9?,12+,13?,18-,19-/m1/s1. The molecule has 0 saturated carbocycles. The Morgan fingerprint density at radius 2 is 1.71 bits per heavy atom. The number of nitrogens with one attached hydrogen (secondary N) is 1. The highest BCUT2D eigenvalue weighted by atomic mass is 31.2. The lowest BCUT2D eigenvalue weighted by atomic mass is 10.1. The molecule has 2 fully saturated rings. The zero-order valence-electron chi connectivity index (χ0n) is 21.0. The highest BCUT2D eigenvalue weighted by Crippen LogP contribution is 2.50. The van der Waals surface area contributed by atoms with Gasteiger partial charge in [0.05, 0.1) is 25.9 Å². The zero-order chi connectivity index (χ0) is 29.9. The second-order valence-electron chi connectivity index (χ2n) is 9.38. The van der Waals surface area contributed by atoms with Gasteiger partial charge in [0.1, 0.15) is 36.3 Å². The van der Waals surface area contributed by atoms with Gasteiger partial charge in [-0.2, -0.15) is 4.98 Å². The first-order valence-electron chi connectivity index (χ1n) is 12.2. The van der Waals surface area contributed by atoms with E-state index in [1.165, 1.54) is 10.9 Å². The first-order chi connectivity index (χ1) is 20.0. The van der Waals surface area contributed by atoms with Gasteiger partial charge in [-0.3, -0.25) is 28.0 Å². The van der Waals surface area contributed by atoms with E-state index in [4.69, 9.17) is 30.0 Å². The van der Waals surface area contributed by atoms with Gasteiger partial charge in [-0.15, -0.1) is 0 Å². The van der Waals surface area contributed by atoms with Gasteiger partial charge in [-0.25, -0.2) is 33.3 Å². The predicted molar refractivity (Wildman–Crippen MR) is 134 cm³/mol. The lowest BCUT2D eigenvalue weighted by Crippen LogP contribution is -2.33. The Morgan fingerprint density at radius 3 is 2.45 bits per heavy atom. The number of nitrogens with two attached hydrogens (primary N) is 2. The van der Waals surface area contributed by atoms with Gasteiger partial charge in [0.15, 0.2) is 47.4 Å². The molecular formula is C20H23F2N10O9P. The number of phosphoric ester groups is 1. The summed E-state index contributed by atoms with van der Waals surface area (Å²) in [5.74, 6) is -0.264. The number of anilines is 2. The first kappa shape index (κ1) is 28.4. The quantitative estimate of drug-likeness (QED) is 0.122. The molecule has 9 atom stereocenters. The number of aromatic nitrogens is 8.